The number of aromatic amines is 1. The van der Waals surface area contributed by atoms with Crippen molar-refractivity contribution in [2.24, 2.45) is 0 Å². The van der Waals surface area contributed by atoms with Crippen LogP contribution >= 0.6 is 22.7 Å². The minimum absolute atomic E-state index is 0.164. The number of carbonyl (C=O) groups is 1. The van der Waals surface area contributed by atoms with Gasteiger partial charge in [-0.1, -0.05) is 29.5 Å². The van der Waals surface area contributed by atoms with Gasteiger partial charge in [0.25, 0.3) is 11.5 Å². The van der Waals surface area contributed by atoms with Crippen LogP contribution in [0.15, 0.2) is 52.6 Å². The fraction of sp³-hybridized carbons (Fsp3) is 0.261. The van der Waals surface area contributed by atoms with Gasteiger partial charge in [-0.25, -0.2) is 4.98 Å². The van der Waals surface area contributed by atoms with Gasteiger partial charge in [-0.2, -0.15) is 0 Å². The van der Waals surface area contributed by atoms with Crippen molar-refractivity contribution in [3.8, 4) is 15.6 Å². The summed E-state index contributed by atoms with van der Waals surface area (Å²) >= 11 is 3.19. The smallest absolute Gasteiger partial charge is 0.272 e. The average Bonchev–Trinajstić information content (AvgIpc) is 3.56. The van der Waals surface area contributed by atoms with Gasteiger partial charge in [-0.15, -0.1) is 21.5 Å². The summed E-state index contributed by atoms with van der Waals surface area (Å²) in [6, 6.07) is 12.8. The van der Waals surface area contributed by atoms with Crippen LogP contribution in [0.5, 0.6) is 5.75 Å². The van der Waals surface area contributed by atoms with E-state index in [1.165, 1.54) is 6.07 Å². The first kappa shape index (κ1) is 22.2. The molecule has 0 unspecified atom stereocenters. The molecule has 1 amide bonds. The monoisotopic (exact) mass is 494 g/mol. The van der Waals surface area contributed by atoms with Crippen molar-refractivity contribution in [2.75, 3.05) is 38.2 Å². The second-order valence-electron chi connectivity index (χ2n) is 7.75. The Hall–Kier alpha value is -3.57. The van der Waals surface area contributed by atoms with Gasteiger partial charge in [0, 0.05) is 38.7 Å². The number of hydrogen-bond donors (Lipinski definition) is 1. The number of piperazine rings is 1. The number of aromatic nitrogens is 4. The quantitative estimate of drug-likeness (QED) is 0.439. The van der Waals surface area contributed by atoms with E-state index in [4.69, 9.17) is 4.74 Å². The number of H-pyrrole nitrogens is 1. The summed E-state index contributed by atoms with van der Waals surface area (Å²) < 4.78 is 5.18. The van der Waals surface area contributed by atoms with Crippen LogP contribution in [0, 0.1) is 0 Å². The van der Waals surface area contributed by atoms with Crippen molar-refractivity contribution in [3.05, 3.63) is 75.3 Å². The highest BCUT2D eigenvalue weighted by molar-refractivity contribution is 7.22. The first-order valence-corrected chi connectivity index (χ1v) is 12.4. The standard InChI is InChI=1S/C23H22N6O3S2/c1-32-16-6-4-15(5-7-16)13-19-24-17(14-20(30)25-19)22(31)28-8-10-29(11-9-28)23-27-26-21(34-23)18-3-2-12-33-18/h2-7,12,14H,8-11,13H2,1H3,(H,24,25,30). The van der Waals surface area contributed by atoms with Gasteiger partial charge in [-0.05, 0) is 29.1 Å². The zero-order valence-corrected chi connectivity index (χ0v) is 20.1. The Labute approximate surface area is 203 Å². The van der Waals surface area contributed by atoms with E-state index in [9.17, 15) is 9.59 Å². The number of anilines is 1. The zero-order valence-electron chi connectivity index (χ0n) is 18.4. The number of nitrogens with zero attached hydrogens (tertiary/aromatic N) is 5. The van der Waals surface area contributed by atoms with Gasteiger partial charge in [0.05, 0.1) is 12.0 Å². The number of methoxy groups -OCH3 is 1. The lowest BCUT2D eigenvalue weighted by Gasteiger charge is -2.34. The maximum absolute atomic E-state index is 13.1. The first-order chi connectivity index (χ1) is 16.6. The van der Waals surface area contributed by atoms with Crippen molar-refractivity contribution < 1.29 is 9.53 Å². The summed E-state index contributed by atoms with van der Waals surface area (Å²) in [5, 5.41) is 12.4. The molecular formula is C23H22N6O3S2. The van der Waals surface area contributed by atoms with Gasteiger partial charge in [-0.3, -0.25) is 9.59 Å². The fourth-order valence-electron chi connectivity index (χ4n) is 3.74. The minimum atomic E-state index is -0.338. The molecule has 1 fully saturated rings. The zero-order chi connectivity index (χ0) is 23.5. The molecule has 1 aromatic carbocycles. The Bertz CT molecular complexity index is 1330. The number of carbonyl (C=O) groups excluding carboxylic acids is 1. The molecule has 9 nitrogen and oxygen atoms in total. The molecule has 1 saturated heterocycles. The number of thiophene rings is 1. The molecule has 5 rings (SSSR count). The van der Waals surface area contributed by atoms with Crippen LogP contribution in [0.25, 0.3) is 9.88 Å². The SMILES string of the molecule is COc1ccc(Cc2nc(C(=O)N3CCN(c4nnc(-c5cccs5)s4)CC3)cc(=O)[nH]2)cc1. The molecule has 0 atom stereocenters. The molecule has 34 heavy (non-hydrogen) atoms. The van der Waals surface area contributed by atoms with Crippen LogP contribution in [0.1, 0.15) is 21.9 Å². The van der Waals surface area contributed by atoms with E-state index in [0.29, 0.717) is 38.4 Å². The molecule has 0 bridgehead atoms. The Balaban J connectivity index is 1.24. The normalized spacial score (nSPS) is 13.8. The second kappa shape index (κ2) is 9.74. The Morgan fingerprint density at radius 2 is 1.91 bits per heavy atom. The molecule has 4 aromatic rings. The van der Waals surface area contributed by atoms with Crippen molar-refractivity contribution in [1.29, 1.82) is 0 Å². The molecule has 1 aliphatic rings. The summed E-state index contributed by atoms with van der Waals surface area (Å²) in [6.45, 7) is 2.34. The number of benzene rings is 1. The number of rotatable bonds is 6. The molecule has 11 heteroatoms. The van der Waals surface area contributed by atoms with Gasteiger partial charge < -0.3 is 19.5 Å². The Morgan fingerprint density at radius 1 is 1.12 bits per heavy atom. The van der Waals surface area contributed by atoms with Crippen molar-refractivity contribution in [2.45, 2.75) is 6.42 Å². The van der Waals surface area contributed by atoms with E-state index >= 15 is 0 Å². The van der Waals surface area contributed by atoms with Gasteiger partial charge in [0.2, 0.25) is 5.13 Å². The van der Waals surface area contributed by atoms with E-state index in [2.05, 4.69) is 25.1 Å². The maximum atomic E-state index is 13.1. The first-order valence-electron chi connectivity index (χ1n) is 10.7. The van der Waals surface area contributed by atoms with E-state index in [-0.39, 0.29) is 17.2 Å². The van der Waals surface area contributed by atoms with E-state index in [1.54, 1.807) is 34.7 Å². The predicted octanol–water partition coefficient (Wildman–Crippen LogP) is 2.91. The van der Waals surface area contributed by atoms with Gasteiger partial charge >= 0.3 is 0 Å². The summed E-state index contributed by atoms with van der Waals surface area (Å²) in [5.41, 5.74) is 0.785. The van der Waals surface area contributed by atoms with Crippen LogP contribution in [0.2, 0.25) is 0 Å². The third-order valence-corrected chi connectivity index (χ3v) is 7.55. The van der Waals surface area contributed by atoms with Crippen molar-refractivity contribution in [3.63, 3.8) is 0 Å². The Morgan fingerprint density at radius 3 is 2.62 bits per heavy atom. The molecule has 0 saturated carbocycles. The van der Waals surface area contributed by atoms with E-state index in [0.717, 1.165) is 26.3 Å². The van der Waals surface area contributed by atoms with Crippen LogP contribution < -0.4 is 15.2 Å². The third kappa shape index (κ3) is 4.85. The number of amides is 1. The summed E-state index contributed by atoms with van der Waals surface area (Å²) in [5.74, 6) is 0.970. The largest absolute Gasteiger partial charge is 0.497 e. The van der Waals surface area contributed by atoms with Crippen LogP contribution in [-0.2, 0) is 6.42 Å². The highest BCUT2D eigenvalue weighted by Crippen LogP contribution is 2.31. The lowest BCUT2D eigenvalue weighted by molar-refractivity contribution is 0.0740. The maximum Gasteiger partial charge on any atom is 0.272 e. The van der Waals surface area contributed by atoms with Crippen molar-refractivity contribution >= 4 is 33.7 Å². The molecule has 3 aromatic heterocycles. The highest BCUT2D eigenvalue weighted by atomic mass is 32.1. The minimum Gasteiger partial charge on any atom is -0.497 e. The molecule has 0 aliphatic carbocycles. The summed E-state index contributed by atoms with van der Waals surface area (Å²) in [4.78, 5) is 37.5. The molecular weight excluding hydrogens is 472 g/mol. The summed E-state index contributed by atoms with van der Waals surface area (Å²) in [6.07, 6.45) is 0.414. The highest BCUT2D eigenvalue weighted by Gasteiger charge is 2.25. The number of ether oxygens (including phenoxy) is 1. The topological polar surface area (TPSA) is 104 Å². The third-order valence-electron chi connectivity index (χ3n) is 5.52. The molecule has 0 spiro atoms. The number of hydrogen-bond acceptors (Lipinski definition) is 9. The van der Waals surface area contributed by atoms with Gasteiger partial charge in [0.15, 0.2) is 5.01 Å². The Kier molecular flexibility index (Phi) is 6.37. The molecule has 1 N–H and O–H groups in total. The van der Waals surface area contributed by atoms with Crippen LogP contribution in [0.3, 0.4) is 0 Å². The second-order valence-corrected chi connectivity index (χ2v) is 9.65. The van der Waals surface area contributed by atoms with Gasteiger partial charge in [0.1, 0.15) is 17.3 Å². The van der Waals surface area contributed by atoms with Crippen LogP contribution in [0.4, 0.5) is 5.13 Å². The average molecular weight is 495 g/mol. The predicted molar refractivity (Wildman–Crippen MR) is 132 cm³/mol. The molecule has 1 aliphatic heterocycles. The number of nitrogens with one attached hydrogen (secondary N) is 1. The van der Waals surface area contributed by atoms with Crippen LogP contribution in [-0.4, -0.2) is 64.3 Å². The lowest BCUT2D eigenvalue weighted by atomic mass is 10.1. The van der Waals surface area contributed by atoms with E-state index < -0.39 is 0 Å². The van der Waals surface area contributed by atoms with Crippen molar-refractivity contribution in [1.82, 2.24) is 25.1 Å². The summed E-state index contributed by atoms with van der Waals surface area (Å²) in [7, 11) is 1.61. The molecule has 0 radical (unpaired) electrons. The van der Waals surface area contributed by atoms with E-state index in [1.807, 2.05) is 41.8 Å². The molecule has 174 valence electrons. The molecule has 4 heterocycles. The lowest BCUT2D eigenvalue weighted by Crippen LogP contribution is -2.49. The fourth-order valence-corrected chi connectivity index (χ4v) is 5.43.